The zero-order valence-corrected chi connectivity index (χ0v) is 15.3. The van der Waals surface area contributed by atoms with Crippen LogP contribution in [-0.2, 0) is 9.53 Å². The van der Waals surface area contributed by atoms with Gasteiger partial charge in [-0.2, -0.15) is 5.26 Å². The number of benzene rings is 1. The zero-order valence-electron chi connectivity index (χ0n) is 14.5. The lowest BCUT2D eigenvalue weighted by Gasteiger charge is -2.13. The fourth-order valence-electron chi connectivity index (χ4n) is 2.43. The number of hydrogen-bond donors (Lipinski definition) is 1. The highest BCUT2D eigenvalue weighted by atomic mass is 35.5. The quantitative estimate of drug-likeness (QED) is 0.594. The van der Waals surface area contributed by atoms with E-state index in [0.717, 1.165) is 19.4 Å². The van der Waals surface area contributed by atoms with Gasteiger partial charge in [0.05, 0.1) is 12.7 Å². The highest BCUT2D eigenvalue weighted by Gasteiger charge is 2.18. The molecule has 0 unspecified atom stereocenters. The van der Waals surface area contributed by atoms with Gasteiger partial charge >= 0.3 is 0 Å². The molecular weight excluding hydrogens is 340 g/mol. The van der Waals surface area contributed by atoms with Crippen molar-refractivity contribution < 1.29 is 14.3 Å². The zero-order chi connectivity index (χ0) is 18.2. The normalized spacial score (nSPS) is 17.4. The maximum absolute atomic E-state index is 12.3. The lowest BCUT2D eigenvalue weighted by Crippen LogP contribution is -2.32. The molecule has 6 heteroatoms. The van der Waals surface area contributed by atoms with Crippen molar-refractivity contribution in [1.29, 1.82) is 5.26 Å². The van der Waals surface area contributed by atoms with Crippen molar-refractivity contribution in [1.82, 2.24) is 5.32 Å². The highest BCUT2D eigenvalue weighted by molar-refractivity contribution is 6.30. The van der Waals surface area contributed by atoms with E-state index in [1.165, 1.54) is 6.08 Å². The van der Waals surface area contributed by atoms with E-state index in [2.05, 4.69) is 5.32 Å². The molecule has 5 nitrogen and oxygen atoms in total. The Labute approximate surface area is 153 Å². The van der Waals surface area contributed by atoms with Gasteiger partial charge in [0.1, 0.15) is 17.4 Å². The van der Waals surface area contributed by atoms with Gasteiger partial charge in [0.15, 0.2) is 0 Å². The highest BCUT2D eigenvalue weighted by Crippen LogP contribution is 2.26. The van der Waals surface area contributed by atoms with Crippen LogP contribution in [0.1, 0.15) is 32.3 Å². The minimum Gasteiger partial charge on any atom is -0.493 e. The first-order valence-corrected chi connectivity index (χ1v) is 8.81. The van der Waals surface area contributed by atoms with Gasteiger partial charge in [0.2, 0.25) is 0 Å². The van der Waals surface area contributed by atoms with Crippen molar-refractivity contribution in [3.05, 3.63) is 34.4 Å². The summed E-state index contributed by atoms with van der Waals surface area (Å²) < 4.78 is 11.2. The van der Waals surface area contributed by atoms with Crippen LogP contribution in [0.25, 0.3) is 6.08 Å². The van der Waals surface area contributed by atoms with E-state index in [0.29, 0.717) is 35.4 Å². The first-order chi connectivity index (χ1) is 12.0. The molecule has 0 spiro atoms. The predicted molar refractivity (Wildman–Crippen MR) is 97.4 cm³/mol. The maximum atomic E-state index is 12.3. The second-order valence-corrected chi connectivity index (χ2v) is 6.84. The Hall–Kier alpha value is -2.03. The van der Waals surface area contributed by atoms with Gasteiger partial charge in [-0.1, -0.05) is 25.4 Å². The molecule has 1 saturated heterocycles. The van der Waals surface area contributed by atoms with Gasteiger partial charge in [-0.15, -0.1) is 0 Å². The van der Waals surface area contributed by atoms with Crippen molar-refractivity contribution in [2.45, 2.75) is 32.8 Å². The third kappa shape index (κ3) is 6.08. The van der Waals surface area contributed by atoms with Crippen molar-refractivity contribution in [2.24, 2.45) is 5.92 Å². The molecule has 1 fully saturated rings. The van der Waals surface area contributed by atoms with Crippen molar-refractivity contribution in [2.75, 3.05) is 19.8 Å². The largest absolute Gasteiger partial charge is 0.493 e. The number of carbonyl (C=O) groups is 1. The van der Waals surface area contributed by atoms with Crippen LogP contribution in [0.5, 0.6) is 5.75 Å². The molecule has 1 aliphatic rings. The molecule has 134 valence electrons. The van der Waals surface area contributed by atoms with E-state index in [1.807, 2.05) is 19.9 Å². The third-order valence-corrected chi connectivity index (χ3v) is 3.96. The Morgan fingerprint density at radius 2 is 2.36 bits per heavy atom. The van der Waals surface area contributed by atoms with E-state index in [-0.39, 0.29) is 11.7 Å². The number of ether oxygens (including phenoxy) is 2. The maximum Gasteiger partial charge on any atom is 0.262 e. The van der Waals surface area contributed by atoms with E-state index in [1.54, 1.807) is 18.2 Å². The molecule has 0 aromatic heterocycles. The van der Waals surface area contributed by atoms with Crippen LogP contribution in [0.15, 0.2) is 23.8 Å². The Morgan fingerprint density at radius 1 is 1.56 bits per heavy atom. The fraction of sp³-hybridized carbons (Fsp3) is 0.474. The van der Waals surface area contributed by atoms with Gasteiger partial charge < -0.3 is 14.8 Å². The summed E-state index contributed by atoms with van der Waals surface area (Å²) in [5.74, 6) is 0.531. The molecule has 1 aliphatic heterocycles. The molecule has 0 saturated carbocycles. The van der Waals surface area contributed by atoms with Crippen LogP contribution in [0, 0.1) is 17.2 Å². The first-order valence-electron chi connectivity index (χ1n) is 8.43. The van der Waals surface area contributed by atoms with E-state index < -0.39 is 5.91 Å². The Morgan fingerprint density at radius 3 is 3.00 bits per heavy atom. The molecule has 25 heavy (non-hydrogen) atoms. The number of nitrogens with zero attached hydrogens (tertiary/aromatic N) is 1. The second-order valence-electron chi connectivity index (χ2n) is 6.40. The lowest BCUT2D eigenvalue weighted by molar-refractivity contribution is -0.117. The molecule has 0 aliphatic carbocycles. The molecule has 1 amide bonds. The van der Waals surface area contributed by atoms with E-state index in [4.69, 9.17) is 21.1 Å². The molecule has 2 rings (SSSR count). The Kier molecular flexibility index (Phi) is 7.30. The SMILES string of the molecule is CC(C)COc1ccc(Cl)cc1/C=C(\C#N)C(=O)NC[C@H]1CCCO1. The second kappa shape index (κ2) is 9.45. The summed E-state index contributed by atoms with van der Waals surface area (Å²) in [4.78, 5) is 12.3. The Balaban J connectivity index is 2.12. The number of halogens is 1. The van der Waals surface area contributed by atoms with Crippen LogP contribution < -0.4 is 10.1 Å². The monoisotopic (exact) mass is 362 g/mol. The van der Waals surface area contributed by atoms with Gasteiger partial charge in [-0.3, -0.25) is 4.79 Å². The fourth-order valence-corrected chi connectivity index (χ4v) is 2.61. The van der Waals surface area contributed by atoms with Crippen LogP contribution in [0.2, 0.25) is 5.02 Å². The summed E-state index contributed by atoms with van der Waals surface area (Å²) in [6.07, 6.45) is 3.46. The van der Waals surface area contributed by atoms with E-state index >= 15 is 0 Å². The van der Waals surface area contributed by atoms with Gasteiger partial charge in [0, 0.05) is 23.7 Å². The van der Waals surface area contributed by atoms with Gasteiger partial charge in [-0.25, -0.2) is 0 Å². The first kappa shape index (κ1) is 19.3. The molecule has 1 atom stereocenters. The molecule has 1 N–H and O–H groups in total. The average Bonchev–Trinajstić information content (AvgIpc) is 3.10. The molecule has 0 bridgehead atoms. The Bertz CT molecular complexity index is 674. The number of nitrogens with one attached hydrogen (secondary N) is 1. The van der Waals surface area contributed by atoms with Crippen molar-refractivity contribution in [3.8, 4) is 11.8 Å². The standard InChI is InChI=1S/C19H23ClN2O3/c1-13(2)12-25-18-6-5-16(20)9-14(18)8-15(10-21)19(23)22-11-17-4-3-7-24-17/h5-6,8-9,13,17H,3-4,7,11-12H2,1-2H3,(H,22,23)/b15-8+/t17-/m1/s1. The van der Waals surface area contributed by atoms with Gasteiger partial charge in [0.25, 0.3) is 5.91 Å². The summed E-state index contributed by atoms with van der Waals surface area (Å²) in [5.41, 5.74) is 0.617. The van der Waals surface area contributed by atoms with Gasteiger partial charge in [-0.05, 0) is 43.0 Å². The topological polar surface area (TPSA) is 71.3 Å². The number of amides is 1. The summed E-state index contributed by atoms with van der Waals surface area (Å²) >= 11 is 6.05. The molecular formula is C19H23ClN2O3. The van der Waals surface area contributed by atoms with Crippen molar-refractivity contribution >= 4 is 23.6 Å². The number of rotatable bonds is 7. The predicted octanol–water partition coefficient (Wildman–Crippen LogP) is 3.58. The number of carbonyl (C=O) groups excluding carboxylic acids is 1. The summed E-state index contributed by atoms with van der Waals surface area (Å²) in [7, 11) is 0. The van der Waals surface area contributed by atoms with Crippen molar-refractivity contribution in [3.63, 3.8) is 0 Å². The lowest BCUT2D eigenvalue weighted by atomic mass is 10.1. The minimum atomic E-state index is -0.423. The summed E-state index contributed by atoms with van der Waals surface area (Å²) in [5, 5.41) is 12.6. The van der Waals surface area contributed by atoms with Crippen LogP contribution in [0.3, 0.4) is 0 Å². The average molecular weight is 363 g/mol. The third-order valence-electron chi connectivity index (χ3n) is 3.72. The van der Waals surface area contributed by atoms with E-state index in [9.17, 15) is 10.1 Å². The molecule has 1 heterocycles. The number of nitriles is 1. The number of hydrogen-bond acceptors (Lipinski definition) is 4. The summed E-state index contributed by atoms with van der Waals surface area (Å²) in [6.45, 7) is 5.76. The van der Waals surface area contributed by atoms with Crippen LogP contribution in [0.4, 0.5) is 0 Å². The molecule has 1 aromatic rings. The van der Waals surface area contributed by atoms with Crippen LogP contribution >= 0.6 is 11.6 Å². The molecule has 0 radical (unpaired) electrons. The van der Waals surface area contributed by atoms with Crippen LogP contribution in [-0.4, -0.2) is 31.8 Å². The summed E-state index contributed by atoms with van der Waals surface area (Å²) in [6, 6.07) is 7.10. The molecule has 1 aromatic carbocycles. The minimum absolute atomic E-state index is 0.00894. The smallest absolute Gasteiger partial charge is 0.262 e.